The van der Waals surface area contributed by atoms with Crippen molar-refractivity contribution in [2.24, 2.45) is 11.8 Å². The van der Waals surface area contributed by atoms with E-state index in [-0.39, 0.29) is 6.61 Å². The van der Waals surface area contributed by atoms with E-state index in [0.717, 1.165) is 0 Å². The number of carbonyl (C=O) groups excluding carboxylic acids is 3. The van der Waals surface area contributed by atoms with Gasteiger partial charge in [0.1, 0.15) is 11.8 Å². The SMILES string of the molecule is COCC1=C(C)C(=O)[C@@H](C(=O)OC)[C@H]1C(=O)OC. The molecule has 0 aromatic rings. The van der Waals surface area contributed by atoms with Crippen LogP contribution in [0.3, 0.4) is 0 Å². The second-order valence-electron chi connectivity index (χ2n) is 3.95. The summed E-state index contributed by atoms with van der Waals surface area (Å²) in [5, 5.41) is 0. The van der Waals surface area contributed by atoms with Crippen LogP contribution in [-0.2, 0) is 28.6 Å². The highest BCUT2D eigenvalue weighted by Gasteiger charge is 2.49. The number of hydrogen-bond donors (Lipinski definition) is 0. The third kappa shape index (κ3) is 2.28. The molecule has 6 nitrogen and oxygen atoms in total. The second-order valence-corrected chi connectivity index (χ2v) is 3.95. The number of hydrogen-bond acceptors (Lipinski definition) is 6. The Morgan fingerprint density at radius 3 is 2.00 bits per heavy atom. The summed E-state index contributed by atoms with van der Waals surface area (Å²) in [6.45, 7) is 1.67. The normalized spacial score (nSPS) is 23.2. The van der Waals surface area contributed by atoms with Crippen molar-refractivity contribution < 1.29 is 28.6 Å². The molecule has 0 radical (unpaired) electrons. The van der Waals surface area contributed by atoms with Crippen molar-refractivity contribution in [1.82, 2.24) is 0 Å². The molecule has 1 rings (SSSR count). The summed E-state index contributed by atoms with van der Waals surface area (Å²) in [4.78, 5) is 35.4. The van der Waals surface area contributed by atoms with Crippen LogP contribution in [0.2, 0.25) is 0 Å². The minimum atomic E-state index is -1.16. The summed E-state index contributed by atoms with van der Waals surface area (Å²) in [5.41, 5.74) is 0.840. The predicted molar refractivity (Wildman–Crippen MR) is 60.6 cm³/mol. The number of esters is 2. The first-order valence-corrected chi connectivity index (χ1v) is 5.38. The largest absolute Gasteiger partial charge is 0.469 e. The van der Waals surface area contributed by atoms with Crippen LogP contribution in [0, 0.1) is 11.8 Å². The van der Waals surface area contributed by atoms with E-state index in [1.54, 1.807) is 6.92 Å². The van der Waals surface area contributed by atoms with E-state index in [1.807, 2.05) is 0 Å². The number of carbonyl (C=O) groups is 3. The average Bonchev–Trinajstić information content (AvgIpc) is 2.62. The van der Waals surface area contributed by atoms with Crippen molar-refractivity contribution in [3.63, 3.8) is 0 Å². The van der Waals surface area contributed by atoms with Gasteiger partial charge in [-0.25, -0.2) is 0 Å². The van der Waals surface area contributed by atoms with Crippen LogP contribution >= 0.6 is 0 Å². The molecule has 2 atom stereocenters. The maximum atomic E-state index is 12.0. The highest BCUT2D eigenvalue weighted by Crippen LogP contribution is 2.36. The lowest BCUT2D eigenvalue weighted by molar-refractivity contribution is -0.157. The van der Waals surface area contributed by atoms with Crippen LogP contribution in [-0.4, -0.2) is 45.7 Å². The van der Waals surface area contributed by atoms with E-state index in [0.29, 0.717) is 11.1 Å². The first kappa shape index (κ1) is 14.4. The third-order valence-electron chi connectivity index (χ3n) is 3.05. The van der Waals surface area contributed by atoms with E-state index < -0.39 is 29.6 Å². The predicted octanol–water partition coefficient (Wildman–Crippen LogP) is 0.110. The molecule has 6 heteroatoms. The van der Waals surface area contributed by atoms with Crippen molar-refractivity contribution in [2.75, 3.05) is 27.9 Å². The molecular formula is C12H16O6. The van der Waals surface area contributed by atoms with Crippen LogP contribution in [0.1, 0.15) is 6.92 Å². The lowest BCUT2D eigenvalue weighted by atomic mass is 9.91. The van der Waals surface area contributed by atoms with Gasteiger partial charge in [-0.05, 0) is 18.1 Å². The Morgan fingerprint density at radius 2 is 1.56 bits per heavy atom. The second kappa shape index (κ2) is 5.77. The Labute approximate surface area is 105 Å². The van der Waals surface area contributed by atoms with Crippen molar-refractivity contribution in [3.05, 3.63) is 11.1 Å². The number of rotatable bonds is 4. The molecule has 0 saturated heterocycles. The summed E-state index contributed by atoms with van der Waals surface area (Å²) in [5.74, 6) is -3.89. The number of ketones is 1. The van der Waals surface area contributed by atoms with Crippen LogP contribution in [0.25, 0.3) is 0 Å². The maximum Gasteiger partial charge on any atom is 0.317 e. The van der Waals surface area contributed by atoms with Crippen molar-refractivity contribution in [3.8, 4) is 0 Å². The molecule has 0 unspecified atom stereocenters. The molecule has 0 aromatic carbocycles. The minimum Gasteiger partial charge on any atom is -0.469 e. The summed E-state index contributed by atoms with van der Waals surface area (Å²) in [6.07, 6.45) is 0. The van der Waals surface area contributed by atoms with Gasteiger partial charge in [0.15, 0.2) is 5.78 Å². The van der Waals surface area contributed by atoms with Gasteiger partial charge < -0.3 is 14.2 Å². The molecule has 0 aromatic heterocycles. The molecule has 0 bridgehead atoms. The zero-order valence-electron chi connectivity index (χ0n) is 10.8. The Balaban J connectivity index is 3.19. The highest BCUT2D eigenvalue weighted by atomic mass is 16.5. The van der Waals surface area contributed by atoms with E-state index in [2.05, 4.69) is 9.47 Å². The molecule has 1 aliphatic rings. The molecule has 100 valence electrons. The van der Waals surface area contributed by atoms with Gasteiger partial charge in [-0.1, -0.05) is 0 Å². The molecular weight excluding hydrogens is 240 g/mol. The van der Waals surface area contributed by atoms with Gasteiger partial charge in [0, 0.05) is 7.11 Å². The summed E-state index contributed by atoms with van der Waals surface area (Å²) in [7, 11) is 3.83. The minimum absolute atomic E-state index is 0.102. The molecule has 1 aliphatic carbocycles. The van der Waals surface area contributed by atoms with E-state index in [9.17, 15) is 14.4 Å². The van der Waals surface area contributed by atoms with Crippen LogP contribution in [0.4, 0.5) is 0 Å². The zero-order chi connectivity index (χ0) is 13.9. The fourth-order valence-electron chi connectivity index (χ4n) is 2.11. The first-order chi connectivity index (χ1) is 8.49. The molecule has 0 heterocycles. The number of methoxy groups -OCH3 is 3. The standard InChI is InChI=1S/C12H16O6/c1-6-7(5-16-2)8(11(14)17-3)9(10(6)13)12(15)18-4/h8-9H,5H2,1-4H3/t8-,9-/m0/s1. The van der Waals surface area contributed by atoms with Crippen LogP contribution < -0.4 is 0 Å². The monoisotopic (exact) mass is 256 g/mol. The molecule has 0 N–H and O–H groups in total. The van der Waals surface area contributed by atoms with Crippen molar-refractivity contribution >= 4 is 17.7 Å². The fourth-order valence-corrected chi connectivity index (χ4v) is 2.11. The van der Waals surface area contributed by atoms with Gasteiger partial charge in [-0.2, -0.15) is 0 Å². The topological polar surface area (TPSA) is 78.9 Å². The molecule has 0 amide bonds. The van der Waals surface area contributed by atoms with Gasteiger partial charge in [-0.3, -0.25) is 14.4 Å². The number of Topliss-reactive ketones (excluding diaryl/α,β-unsaturated/α-hetero) is 1. The van der Waals surface area contributed by atoms with Gasteiger partial charge in [0.05, 0.1) is 20.8 Å². The fraction of sp³-hybridized carbons (Fsp3) is 0.583. The van der Waals surface area contributed by atoms with E-state index in [4.69, 9.17) is 4.74 Å². The highest BCUT2D eigenvalue weighted by molar-refractivity contribution is 6.14. The average molecular weight is 256 g/mol. The Kier molecular flexibility index (Phi) is 4.61. The first-order valence-electron chi connectivity index (χ1n) is 5.38. The van der Waals surface area contributed by atoms with E-state index >= 15 is 0 Å². The summed E-state index contributed by atoms with van der Waals surface area (Å²) < 4.78 is 14.2. The number of ether oxygens (including phenoxy) is 3. The third-order valence-corrected chi connectivity index (χ3v) is 3.05. The number of allylic oxidation sites excluding steroid dienone is 1. The quantitative estimate of drug-likeness (QED) is 0.524. The molecule has 0 spiro atoms. The lowest BCUT2D eigenvalue weighted by Gasteiger charge is -2.17. The van der Waals surface area contributed by atoms with Crippen LogP contribution in [0.15, 0.2) is 11.1 Å². The molecule has 0 saturated carbocycles. The van der Waals surface area contributed by atoms with Crippen molar-refractivity contribution in [2.45, 2.75) is 6.92 Å². The van der Waals surface area contributed by atoms with Gasteiger partial charge in [0.2, 0.25) is 0 Å². The summed E-state index contributed by atoms with van der Waals surface area (Å²) >= 11 is 0. The van der Waals surface area contributed by atoms with Gasteiger partial charge in [0.25, 0.3) is 0 Å². The molecule has 18 heavy (non-hydrogen) atoms. The van der Waals surface area contributed by atoms with Crippen molar-refractivity contribution in [1.29, 1.82) is 0 Å². The Bertz CT molecular complexity index is 409. The lowest BCUT2D eigenvalue weighted by Crippen LogP contribution is -2.34. The van der Waals surface area contributed by atoms with E-state index in [1.165, 1.54) is 21.3 Å². The van der Waals surface area contributed by atoms with Crippen LogP contribution in [0.5, 0.6) is 0 Å². The van der Waals surface area contributed by atoms with Gasteiger partial charge >= 0.3 is 11.9 Å². The van der Waals surface area contributed by atoms with Gasteiger partial charge in [-0.15, -0.1) is 0 Å². The summed E-state index contributed by atoms with van der Waals surface area (Å²) in [6, 6.07) is 0. The zero-order valence-corrected chi connectivity index (χ0v) is 10.8. The Hall–Kier alpha value is -1.69. The molecule has 0 aliphatic heterocycles. The Morgan fingerprint density at radius 1 is 1.06 bits per heavy atom. The maximum absolute atomic E-state index is 12.0. The smallest absolute Gasteiger partial charge is 0.317 e. The molecule has 0 fully saturated rings.